The van der Waals surface area contributed by atoms with Crippen molar-refractivity contribution in [2.45, 2.75) is 0 Å². The number of nitrogen functional groups attached to an aromatic ring is 1. The Morgan fingerprint density at radius 3 is 2.59 bits per heavy atom. The second-order valence-electron chi connectivity index (χ2n) is 3.66. The van der Waals surface area contributed by atoms with E-state index in [1.165, 1.54) is 22.3 Å². The van der Waals surface area contributed by atoms with E-state index in [0.717, 1.165) is 15.0 Å². The van der Waals surface area contributed by atoms with Gasteiger partial charge in [0.25, 0.3) is 0 Å². The normalized spacial score (nSPS) is 10.9. The highest BCUT2D eigenvalue weighted by molar-refractivity contribution is 9.10. The third kappa shape index (κ3) is 2.03. The van der Waals surface area contributed by atoms with Crippen molar-refractivity contribution in [1.82, 2.24) is 9.36 Å². The summed E-state index contributed by atoms with van der Waals surface area (Å²) in [7, 11) is 0. The zero-order valence-corrected chi connectivity index (χ0v) is 11.1. The predicted molar refractivity (Wildman–Crippen MR) is 75.0 cm³/mol. The van der Waals surface area contributed by atoms with Gasteiger partial charge >= 0.3 is 0 Å². The fraction of sp³-hybridized carbons (Fsp3) is 0. The number of hydrogen-bond donors (Lipinski definition) is 1. The monoisotopic (exact) mass is 305 g/mol. The van der Waals surface area contributed by atoms with Crippen LogP contribution in [0.4, 0.5) is 5.95 Å². The third-order valence-corrected chi connectivity index (χ3v) is 3.76. The summed E-state index contributed by atoms with van der Waals surface area (Å²) in [5, 5.41) is 3.23. The quantitative estimate of drug-likeness (QED) is 0.746. The van der Waals surface area contributed by atoms with Crippen LogP contribution in [0, 0.1) is 0 Å². The van der Waals surface area contributed by atoms with Crippen LogP contribution in [0.1, 0.15) is 0 Å². The van der Waals surface area contributed by atoms with E-state index in [2.05, 4.69) is 49.6 Å². The molecular formula is C12H8BrN3S. The molecule has 84 valence electrons. The van der Waals surface area contributed by atoms with Crippen molar-refractivity contribution >= 4 is 44.2 Å². The molecule has 0 aliphatic heterocycles. The highest BCUT2D eigenvalue weighted by atomic mass is 79.9. The molecule has 0 saturated carbocycles. The van der Waals surface area contributed by atoms with Gasteiger partial charge in [0.2, 0.25) is 5.95 Å². The fourth-order valence-electron chi connectivity index (χ4n) is 1.70. The van der Waals surface area contributed by atoms with Crippen molar-refractivity contribution in [3.05, 3.63) is 40.9 Å². The molecule has 0 fully saturated rings. The third-order valence-electron chi connectivity index (χ3n) is 2.49. The Bertz CT molecular complexity index is 693. The van der Waals surface area contributed by atoms with Crippen molar-refractivity contribution in [3.63, 3.8) is 0 Å². The second kappa shape index (κ2) is 4.09. The Morgan fingerprint density at radius 1 is 1.06 bits per heavy atom. The van der Waals surface area contributed by atoms with Crippen LogP contribution in [-0.2, 0) is 0 Å². The van der Waals surface area contributed by atoms with E-state index in [1.54, 1.807) is 0 Å². The standard InChI is InChI=1S/C12H8BrN3S/c13-10-4-3-7-5-9(2-1-8(7)6-10)11-15-12(14)16-17-11/h1-6H,(H2,14,16). The Kier molecular flexibility index (Phi) is 2.57. The van der Waals surface area contributed by atoms with Crippen LogP contribution in [0.5, 0.6) is 0 Å². The Morgan fingerprint density at radius 2 is 1.82 bits per heavy atom. The SMILES string of the molecule is Nc1nsc(-c2ccc3cc(Br)ccc3c2)n1. The molecule has 0 unspecified atom stereocenters. The van der Waals surface area contributed by atoms with Gasteiger partial charge in [0, 0.05) is 10.0 Å². The van der Waals surface area contributed by atoms with Crippen LogP contribution < -0.4 is 5.73 Å². The molecule has 0 aliphatic rings. The molecule has 5 heteroatoms. The van der Waals surface area contributed by atoms with Crippen LogP contribution in [0.3, 0.4) is 0 Å². The molecule has 0 bridgehead atoms. The summed E-state index contributed by atoms with van der Waals surface area (Å²) in [6.45, 7) is 0. The lowest BCUT2D eigenvalue weighted by Crippen LogP contribution is -1.85. The van der Waals surface area contributed by atoms with Crippen LogP contribution >= 0.6 is 27.5 Å². The zero-order valence-electron chi connectivity index (χ0n) is 8.72. The maximum atomic E-state index is 5.53. The molecule has 3 aromatic rings. The lowest BCUT2D eigenvalue weighted by atomic mass is 10.1. The summed E-state index contributed by atoms with van der Waals surface area (Å²) in [6.07, 6.45) is 0. The minimum absolute atomic E-state index is 0.334. The van der Waals surface area contributed by atoms with E-state index in [1.807, 2.05) is 12.1 Å². The zero-order chi connectivity index (χ0) is 11.8. The number of hydrogen-bond acceptors (Lipinski definition) is 4. The molecule has 17 heavy (non-hydrogen) atoms. The van der Waals surface area contributed by atoms with E-state index in [0.29, 0.717) is 5.95 Å². The molecule has 0 radical (unpaired) electrons. The van der Waals surface area contributed by atoms with Gasteiger partial charge in [-0.1, -0.05) is 34.1 Å². The van der Waals surface area contributed by atoms with Gasteiger partial charge in [-0.3, -0.25) is 0 Å². The van der Waals surface area contributed by atoms with Crippen LogP contribution in [0.25, 0.3) is 21.3 Å². The van der Waals surface area contributed by atoms with Gasteiger partial charge in [0.15, 0.2) is 0 Å². The average molecular weight is 306 g/mol. The number of benzene rings is 2. The molecule has 0 amide bonds. The molecule has 0 aliphatic carbocycles. The Balaban J connectivity index is 2.16. The Hall–Kier alpha value is -1.46. The molecule has 0 saturated heterocycles. The molecule has 3 rings (SSSR count). The van der Waals surface area contributed by atoms with E-state index in [9.17, 15) is 0 Å². The second-order valence-corrected chi connectivity index (χ2v) is 5.33. The van der Waals surface area contributed by atoms with Gasteiger partial charge < -0.3 is 5.73 Å². The maximum Gasteiger partial charge on any atom is 0.232 e. The number of nitrogens with zero attached hydrogens (tertiary/aromatic N) is 2. The van der Waals surface area contributed by atoms with Crippen molar-refractivity contribution in [2.75, 3.05) is 5.73 Å². The van der Waals surface area contributed by atoms with Crippen LogP contribution in [-0.4, -0.2) is 9.36 Å². The maximum absolute atomic E-state index is 5.53. The van der Waals surface area contributed by atoms with Gasteiger partial charge in [-0.25, -0.2) is 0 Å². The highest BCUT2D eigenvalue weighted by Crippen LogP contribution is 2.27. The summed E-state index contributed by atoms with van der Waals surface area (Å²) in [5.41, 5.74) is 6.58. The largest absolute Gasteiger partial charge is 0.367 e. The van der Waals surface area contributed by atoms with Gasteiger partial charge in [-0.2, -0.15) is 9.36 Å². The van der Waals surface area contributed by atoms with Crippen molar-refractivity contribution in [3.8, 4) is 10.6 Å². The fourth-order valence-corrected chi connectivity index (χ4v) is 2.67. The van der Waals surface area contributed by atoms with E-state index in [-0.39, 0.29) is 0 Å². The van der Waals surface area contributed by atoms with Gasteiger partial charge in [-0.05, 0) is 40.5 Å². The lowest BCUT2D eigenvalue weighted by molar-refractivity contribution is 1.34. The summed E-state index contributed by atoms with van der Waals surface area (Å²) in [4.78, 5) is 4.18. The molecule has 2 aromatic carbocycles. The van der Waals surface area contributed by atoms with Gasteiger partial charge in [0.1, 0.15) is 5.01 Å². The molecule has 0 spiro atoms. The highest BCUT2D eigenvalue weighted by Gasteiger charge is 2.05. The van der Waals surface area contributed by atoms with Gasteiger partial charge in [-0.15, -0.1) is 0 Å². The van der Waals surface area contributed by atoms with E-state index < -0.39 is 0 Å². The summed E-state index contributed by atoms with van der Waals surface area (Å²) in [6, 6.07) is 12.4. The van der Waals surface area contributed by atoms with Crippen molar-refractivity contribution in [1.29, 1.82) is 0 Å². The molecule has 1 heterocycles. The predicted octanol–water partition coefficient (Wildman–Crippen LogP) is 3.70. The first-order valence-electron chi connectivity index (χ1n) is 5.01. The first kappa shape index (κ1) is 10.7. The van der Waals surface area contributed by atoms with E-state index in [4.69, 9.17) is 5.73 Å². The molecular weight excluding hydrogens is 298 g/mol. The smallest absolute Gasteiger partial charge is 0.232 e. The first-order valence-corrected chi connectivity index (χ1v) is 6.58. The first-order chi connectivity index (χ1) is 8.22. The summed E-state index contributed by atoms with van der Waals surface area (Å²) < 4.78 is 5.07. The minimum Gasteiger partial charge on any atom is -0.367 e. The molecule has 0 atom stereocenters. The average Bonchev–Trinajstić information content (AvgIpc) is 2.75. The Labute approximate surface area is 111 Å². The number of rotatable bonds is 1. The lowest BCUT2D eigenvalue weighted by Gasteiger charge is -2.01. The number of anilines is 1. The van der Waals surface area contributed by atoms with Crippen molar-refractivity contribution < 1.29 is 0 Å². The van der Waals surface area contributed by atoms with Crippen LogP contribution in [0.2, 0.25) is 0 Å². The molecule has 3 nitrogen and oxygen atoms in total. The molecule has 1 aromatic heterocycles. The number of nitrogens with two attached hydrogens (primary N) is 1. The summed E-state index contributed by atoms with van der Waals surface area (Å²) >= 11 is 4.78. The number of fused-ring (bicyclic) bond motifs is 1. The minimum atomic E-state index is 0.334. The van der Waals surface area contributed by atoms with Crippen molar-refractivity contribution in [2.24, 2.45) is 0 Å². The van der Waals surface area contributed by atoms with E-state index >= 15 is 0 Å². The van der Waals surface area contributed by atoms with Gasteiger partial charge in [0.05, 0.1) is 0 Å². The number of aromatic nitrogens is 2. The number of halogens is 1. The topological polar surface area (TPSA) is 51.8 Å². The van der Waals surface area contributed by atoms with Crippen LogP contribution in [0.15, 0.2) is 40.9 Å². The molecule has 2 N–H and O–H groups in total. The summed E-state index contributed by atoms with van der Waals surface area (Å²) in [5.74, 6) is 0.334.